The van der Waals surface area contributed by atoms with Crippen molar-refractivity contribution in [2.24, 2.45) is 0 Å². The smallest absolute Gasteiger partial charge is 0.244 e. The standard InChI is InChI=1S/C13H14N4O/c18-13(5-4-12-9-14-10-17-12)16-8-6-11-3-1-2-7-15-11/h1-5,7,9-10H,6,8H2,(H,14,17)(H,16,18). The van der Waals surface area contributed by atoms with Gasteiger partial charge < -0.3 is 10.3 Å². The lowest BCUT2D eigenvalue weighted by Crippen LogP contribution is -2.23. The summed E-state index contributed by atoms with van der Waals surface area (Å²) in [5, 5.41) is 2.79. The van der Waals surface area contributed by atoms with E-state index < -0.39 is 0 Å². The van der Waals surface area contributed by atoms with Gasteiger partial charge in [0.05, 0.1) is 18.2 Å². The topological polar surface area (TPSA) is 70.7 Å². The lowest BCUT2D eigenvalue weighted by molar-refractivity contribution is -0.116. The fourth-order valence-electron chi connectivity index (χ4n) is 1.44. The molecule has 2 N–H and O–H groups in total. The van der Waals surface area contributed by atoms with Gasteiger partial charge in [-0.15, -0.1) is 0 Å². The Hall–Kier alpha value is -2.43. The van der Waals surface area contributed by atoms with Gasteiger partial charge in [-0.25, -0.2) is 4.98 Å². The van der Waals surface area contributed by atoms with Gasteiger partial charge >= 0.3 is 0 Å². The Balaban J connectivity index is 1.72. The van der Waals surface area contributed by atoms with Crippen LogP contribution in [0, 0.1) is 0 Å². The van der Waals surface area contributed by atoms with Crippen molar-refractivity contribution in [1.29, 1.82) is 0 Å². The molecule has 0 aromatic carbocycles. The Morgan fingerprint density at radius 1 is 1.44 bits per heavy atom. The molecule has 92 valence electrons. The normalized spacial score (nSPS) is 10.7. The van der Waals surface area contributed by atoms with Crippen LogP contribution >= 0.6 is 0 Å². The van der Waals surface area contributed by atoms with Crippen LogP contribution in [0.3, 0.4) is 0 Å². The minimum Gasteiger partial charge on any atom is -0.352 e. The van der Waals surface area contributed by atoms with E-state index in [1.54, 1.807) is 24.8 Å². The Kier molecular flexibility index (Phi) is 4.24. The minimum absolute atomic E-state index is 0.125. The van der Waals surface area contributed by atoms with Crippen molar-refractivity contribution in [3.63, 3.8) is 0 Å². The van der Waals surface area contributed by atoms with Gasteiger partial charge in [-0.1, -0.05) is 6.07 Å². The Labute approximate surface area is 105 Å². The van der Waals surface area contributed by atoms with Gasteiger partial charge in [0.15, 0.2) is 0 Å². The van der Waals surface area contributed by atoms with Crippen molar-refractivity contribution >= 4 is 12.0 Å². The number of pyridine rings is 1. The van der Waals surface area contributed by atoms with Crippen LogP contribution in [0.15, 0.2) is 43.0 Å². The number of imidazole rings is 1. The zero-order valence-corrected chi connectivity index (χ0v) is 9.84. The molecule has 0 aliphatic carbocycles. The number of aromatic amines is 1. The monoisotopic (exact) mass is 242 g/mol. The Morgan fingerprint density at radius 2 is 2.39 bits per heavy atom. The van der Waals surface area contributed by atoms with Crippen LogP contribution in [-0.2, 0) is 11.2 Å². The molecular weight excluding hydrogens is 228 g/mol. The molecule has 2 heterocycles. The van der Waals surface area contributed by atoms with E-state index in [-0.39, 0.29) is 5.91 Å². The van der Waals surface area contributed by atoms with Crippen molar-refractivity contribution in [2.75, 3.05) is 6.54 Å². The lowest BCUT2D eigenvalue weighted by atomic mass is 10.3. The number of H-pyrrole nitrogens is 1. The minimum atomic E-state index is -0.125. The fraction of sp³-hybridized carbons (Fsp3) is 0.154. The van der Waals surface area contributed by atoms with Gasteiger partial charge in [0.1, 0.15) is 0 Å². The van der Waals surface area contributed by atoms with Gasteiger partial charge in [0.25, 0.3) is 0 Å². The molecule has 0 aliphatic heterocycles. The zero-order chi connectivity index (χ0) is 12.6. The third-order valence-corrected chi connectivity index (χ3v) is 2.34. The number of nitrogens with zero attached hydrogens (tertiary/aromatic N) is 2. The second-order valence-corrected chi connectivity index (χ2v) is 3.70. The third kappa shape index (κ3) is 3.86. The third-order valence-electron chi connectivity index (χ3n) is 2.34. The maximum Gasteiger partial charge on any atom is 0.244 e. The lowest BCUT2D eigenvalue weighted by Gasteiger charge is -2.01. The molecular formula is C13H14N4O. The van der Waals surface area contributed by atoms with Gasteiger partial charge in [-0.2, -0.15) is 0 Å². The molecule has 0 radical (unpaired) electrons. The molecule has 0 atom stereocenters. The van der Waals surface area contributed by atoms with Crippen molar-refractivity contribution < 1.29 is 4.79 Å². The highest BCUT2D eigenvalue weighted by Gasteiger charge is 1.97. The van der Waals surface area contributed by atoms with E-state index in [0.717, 1.165) is 17.8 Å². The molecule has 0 bridgehead atoms. The summed E-state index contributed by atoms with van der Waals surface area (Å²) in [6.07, 6.45) is 8.85. The van der Waals surface area contributed by atoms with Crippen LogP contribution < -0.4 is 5.32 Å². The van der Waals surface area contributed by atoms with E-state index >= 15 is 0 Å². The van der Waals surface area contributed by atoms with E-state index in [0.29, 0.717) is 6.54 Å². The van der Waals surface area contributed by atoms with E-state index in [1.807, 2.05) is 18.2 Å². The second-order valence-electron chi connectivity index (χ2n) is 3.70. The summed E-state index contributed by atoms with van der Waals surface area (Å²) in [5.41, 5.74) is 1.77. The number of rotatable bonds is 5. The van der Waals surface area contributed by atoms with Crippen LogP contribution in [0.25, 0.3) is 6.08 Å². The van der Waals surface area contributed by atoms with Crippen molar-refractivity contribution in [2.45, 2.75) is 6.42 Å². The number of hydrogen-bond acceptors (Lipinski definition) is 3. The molecule has 0 saturated carbocycles. The van der Waals surface area contributed by atoms with Gasteiger partial charge in [-0.05, 0) is 18.2 Å². The highest BCUT2D eigenvalue weighted by molar-refractivity contribution is 5.91. The molecule has 18 heavy (non-hydrogen) atoms. The van der Waals surface area contributed by atoms with Crippen LogP contribution in [0.4, 0.5) is 0 Å². The van der Waals surface area contributed by atoms with Crippen LogP contribution in [-0.4, -0.2) is 27.4 Å². The zero-order valence-electron chi connectivity index (χ0n) is 9.84. The van der Waals surface area contributed by atoms with Crippen molar-refractivity contribution in [3.05, 3.63) is 54.4 Å². The average Bonchev–Trinajstić information content (AvgIpc) is 2.91. The summed E-state index contributed by atoms with van der Waals surface area (Å²) in [7, 11) is 0. The Bertz CT molecular complexity index is 505. The number of nitrogens with one attached hydrogen (secondary N) is 2. The number of amides is 1. The SMILES string of the molecule is O=C(C=Cc1cnc[nH]1)NCCc1ccccn1. The predicted molar refractivity (Wildman–Crippen MR) is 68.6 cm³/mol. The highest BCUT2D eigenvalue weighted by atomic mass is 16.1. The Morgan fingerprint density at radius 3 is 3.11 bits per heavy atom. The van der Waals surface area contributed by atoms with Crippen molar-refractivity contribution in [3.8, 4) is 0 Å². The number of carbonyl (C=O) groups is 1. The molecule has 0 saturated heterocycles. The number of aromatic nitrogens is 3. The summed E-state index contributed by atoms with van der Waals surface area (Å²) in [6.45, 7) is 0.573. The van der Waals surface area contributed by atoms with E-state index in [1.165, 1.54) is 6.08 Å². The molecule has 5 heteroatoms. The fourth-order valence-corrected chi connectivity index (χ4v) is 1.44. The first-order valence-electron chi connectivity index (χ1n) is 5.69. The molecule has 0 spiro atoms. The first kappa shape index (κ1) is 12.0. The second kappa shape index (κ2) is 6.34. The first-order valence-corrected chi connectivity index (χ1v) is 5.69. The molecule has 0 unspecified atom stereocenters. The summed E-state index contributed by atoms with van der Waals surface area (Å²) in [6, 6.07) is 5.74. The first-order chi connectivity index (χ1) is 8.84. The maximum absolute atomic E-state index is 11.5. The van der Waals surface area contributed by atoms with Gasteiger partial charge in [0.2, 0.25) is 5.91 Å². The highest BCUT2D eigenvalue weighted by Crippen LogP contribution is 1.95. The van der Waals surface area contributed by atoms with E-state index in [2.05, 4.69) is 20.3 Å². The molecule has 5 nitrogen and oxygen atoms in total. The summed E-state index contributed by atoms with van der Waals surface area (Å²) in [5.74, 6) is -0.125. The summed E-state index contributed by atoms with van der Waals surface area (Å²) in [4.78, 5) is 22.4. The largest absolute Gasteiger partial charge is 0.352 e. The average molecular weight is 242 g/mol. The van der Waals surface area contributed by atoms with E-state index in [4.69, 9.17) is 0 Å². The summed E-state index contributed by atoms with van der Waals surface area (Å²) < 4.78 is 0. The predicted octanol–water partition coefficient (Wildman–Crippen LogP) is 1.18. The van der Waals surface area contributed by atoms with Gasteiger partial charge in [-0.3, -0.25) is 9.78 Å². The number of carbonyl (C=O) groups excluding carboxylic acids is 1. The molecule has 2 aromatic heterocycles. The number of hydrogen-bond donors (Lipinski definition) is 2. The van der Waals surface area contributed by atoms with Gasteiger partial charge in [0, 0.05) is 30.9 Å². The quantitative estimate of drug-likeness (QED) is 0.773. The molecule has 2 rings (SSSR count). The van der Waals surface area contributed by atoms with Crippen LogP contribution in [0.1, 0.15) is 11.4 Å². The van der Waals surface area contributed by atoms with Crippen molar-refractivity contribution in [1.82, 2.24) is 20.3 Å². The van der Waals surface area contributed by atoms with Crippen LogP contribution in [0.5, 0.6) is 0 Å². The molecule has 0 aliphatic rings. The van der Waals surface area contributed by atoms with Crippen LogP contribution in [0.2, 0.25) is 0 Å². The maximum atomic E-state index is 11.5. The van der Waals surface area contributed by atoms with E-state index in [9.17, 15) is 4.79 Å². The molecule has 2 aromatic rings. The summed E-state index contributed by atoms with van der Waals surface area (Å²) >= 11 is 0. The molecule has 0 fully saturated rings. The molecule has 1 amide bonds.